The van der Waals surface area contributed by atoms with E-state index in [9.17, 15) is 14.4 Å². The van der Waals surface area contributed by atoms with Gasteiger partial charge in [0.05, 0.1) is 11.7 Å². The molecule has 0 bridgehead atoms. The fourth-order valence-corrected chi connectivity index (χ4v) is 6.97. The molecule has 11 heteroatoms. The van der Waals surface area contributed by atoms with Crippen LogP contribution in [0.5, 0.6) is 0 Å². The number of H-pyrrole nitrogens is 1. The van der Waals surface area contributed by atoms with Crippen molar-refractivity contribution in [3.8, 4) is 0 Å². The zero-order chi connectivity index (χ0) is 32.9. The standard InChI is InChI=1S/C37H42N8O3/c46-35(43-21-19-42(20-22-43)16-6-9-27-7-2-1-3-8-27)34(24-28-12-13-33-30(23-28)25-38-41-33)40-36(47)44-17-14-31(15-18-44)45-26-29-10-4-5-11-32(29)39-37(45)48/h1-13,23,25,31,34H,14-22,24,26H2,(H,38,41)(H,39,48)(H,40,47). The van der Waals surface area contributed by atoms with Gasteiger partial charge in [-0.05, 0) is 47.7 Å². The Morgan fingerprint density at radius 2 is 1.69 bits per heavy atom. The highest BCUT2D eigenvalue weighted by Crippen LogP contribution is 2.27. The molecular formula is C37H42N8O3. The van der Waals surface area contributed by atoms with E-state index in [0.717, 1.165) is 47.4 Å². The summed E-state index contributed by atoms with van der Waals surface area (Å²) in [4.78, 5) is 48.5. The first kappa shape index (κ1) is 31.4. The number of benzene rings is 3. The molecule has 3 aliphatic rings. The summed E-state index contributed by atoms with van der Waals surface area (Å²) in [6.07, 6.45) is 7.81. The van der Waals surface area contributed by atoms with Crippen LogP contribution in [0.25, 0.3) is 17.0 Å². The normalized spacial score (nSPS) is 18.2. The Bertz CT molecular complexity index is 1770. The van der Waals surface area contributed by atoms with E-state index in [-0.39, 0.29) is 24.0 Å². The minimum Gasteiger partial charge on any atom is -0.338 e. The number of likely N-dealkylation sites (tertiary alicyclic amines) is 1. The van der Waals surface area contributed by atoms with Gasteiger partial charge < -0.3 is 25.3 Å². The van der Waals surface area contributed by atoms with Gasteiger partial charge in [0.2, 0.25) is 5.91 Å². The van der Waals surface area contributed by atoms with Gasteiger partial charge in [-0.15, -0.1) is 0 Å². The zero-order valence-electron chi connectivity index (χ0n) is 27.1. The van der Waals surface area contributed by atoms with Crippen molar-refractivity contribution >= 4 is 40.6 Å². The van der Waals surface area contributed by atoms with Crippen LogP contribution in [0.15, 0.2) is 85.1 Å². The molecule has 4 heterocycles. The van der Waals surface area contributed by atoms with E-state index >= 15 is 0 Å². The van der Waals surface area contributed by atoms with Crippen LogP contribution >= 0.6 is 0 Å². The lowest BCUT2D eigenvalue weighted by atomic mass is 10.0. The number of piperidine rings is 1. The van der Waals surface area contributed by atoms with Gasteiger partial charge in [0.15, 0.2) is 0 Å². The molecule has 2 saturated heterocycles. The summed E-state index contributed by atoms with van der Waals surface area (Å²) < 4.78 is 0. The van der Waals surface area contributed by atoms with Crippen LogP contribution in [-0.4, -0.2) is 106 Å². The lowest BCUT2D eigenvalue weighted by Gasteiger charge is -2.41. The van der Waals surface area contributed by atoms with Crippen molar-refractivity contribution in [2.45, 2.75) is 37.9 Å². The minimum absolute atomic E-state index is 0.0420. The lowest BCUT2D eigenvalue weighted by molar-refractivity contribution is -0.135. The number of rotatable bonds is 8. The first-order valence-electron chi connectivity index (χ1n) is 16.9. The fourth-order valence-electron chi connectivity index (χ4n) is 6.97. The third-order valence-electron chi connectivity index (χ3n) is 9.75. The minimum atomic E-state index is -0.700. The molecule has 3 aromatic carbocycles. The van der Waals surface area contributed by atoms with E-state index in [1.807, 2.05) is 70.5 Å². The van der Waals surface area contributed by atoms with Gasteiger partial charge >= 0.3 is 12.1 Å². The van der Waals surface area contributed by atoms with Gasteiger partial charge in [-0.1, -0.05) is 66.7 Å². The summed E-state index contributed by atoms with van der Waals surface area (Å²) in [7, 11) is 0. The second-order valence-electron chi connectivity index (χ2n) is 12.9. The predicted octanol–water partition coefficient (Wildman–Crippen LogP) is 4.55. The van der Waals surface area contributed by atoms with Crippen molar-refractivity contribution in [1.82, 2.24) is 35.1 Å². The number of urea groups is 2. The number of hydrogen-bond acceptors (Lipinski definition) is 5. The van der Waals surface area contributed by atoms with Crippen LogP contribution < -0.4 is 10.6 Å². The second-order valence-corrected chi connectivity index (χ2v) is 12.9. The Hall–Kier alpha value is -5.16. The van der Waals surface area contributed by atoms with E-state index in [4.69, 9.17) is 0 Å². The van der Waals surface area contributed by atoms with Crippen molar-refractivity contribution in [1.29, 1.82) is 0 Å². The maximum Gasteiger partial charge on any atom is 0.322 e. The van der Waals surface area contributed by atoms with Gasteiger partial charge in [-0.3, -0.25) is 14.8 Å². The number of hydrogen-bond donors (Lipinski definition) is 3. The Balaban J connectivity index is 0.972. The molecule has 3 N–H and O–H groups in total. The molecule has 1 unspecified atom stereocenters. The van der Waals surface area contributed by atoms with Gasteiger partial charge in [-0.2, -0.15) is 5.10 Å². The van der Waals surface area contributed by atoms with Crippen molar-refractivity contribution in [2.75, 3.05) is 51.1 Å². The van der Waals surface area contributed by atoms with Crippen molar-refractivity contribution < 1.29 is 14.4 Å². The summed E-state index contributed by atoms with van der Waals surface area (Å²) in [5.41, 5.74) is 5.01. The average Bonchev–Trinajstić information content (AvgIpc) is 3.60. The first-order valence-corrected chi connectivity index (χ1v) is 16.9. The first-order chi connectivity index (χ1) is 23.5. The third kappa shape index (κ3) is 7.21. The average molecular weight is 647 g/mol. The highest BCUT2D eigenvalue weighted by Gasteiger charge is 2.34. The van der Waals surface area contributed by atoms with Crippen molar-refractivity contribution in [2.24, 2.45) is 0 Å². The van der Waals surface area contributed by atoms with Crippen LogP contribution in [0.4, 0.5) is 15.3 Å². The van der Waals surface area contributed by atoms with E-state index in [1.165, 1.54) is 5.56 Å². The van der Waals surface area contributed by atoms with Gasteiger partial charge in [0.25, 0.3) is 0 Å². The largest absolute Gasteiger partial charge is 0.338 e. The maximum absolute atomic E-state index is 14.0. The number of nitrogens with zero attached hydrogens (tertiary/aromatic N) is 5. The fraction of sp³-hybridized carbons (Fsp3) is 0.351. The Kier molecular flexibility index (Phi) is 9.37. The molecule has 0 aliphatic carbocycles. The van der Waals surface area contributed by atoms with Gasteiger partial charge in [0, 0.05) is 75.9 Å². The molecule has 11 nitrogen and oxygen atoms in total. The molecule has 0 radical (unpaired) electrons. The molecule has 1 aromatic heterocycles. The van der Waals surface area contributed by atoms with Gasteiger partial charge in [0.1, 0.15) is 6.04 Å². The maximum atomic E-state index is 14.0. The van der Waals surface area contributed by atoms with Gasteiger partial charge in [-0.25, -0.2) is 9.59 Å². The number of fused-ring (bicyclic) bond motifs is 2. The molecule has 3 aliphatic heterocycles. The lowest BCUT2D eigenvalue weighted by Crippen LogP contribution is -2.58. The number of carbonyl (C=O) groups is 3. The monoisotopic (exact) mass is 646 g/mol. The molecule has 0 saturated carbocycles. The van der Waals surface area contributed by atoms with Crippen LogP contribution in [-0.2, 0) is 17.8 Å². The van der Waals surface area contributed by atoms with Crippen LogP contribution in [0.1, 0.15) is 29.5 Å². The Morgan fingerprint density at radius 1 is 0.917 bits per heavy atom. The number of piperazine rings is 1. The summed E-state index contributed by atoms with van der Waals surface area (Å²) in [5, 5.41) is 14.2. The highest BCUT2D eigenvalue weighted by atomic mass is 16.2. The van der Waals surface area contributed by atoms with E-state index in [1.54, 1.807) is 11.1 Å². The quantitative estimate of drug-likeness (QED) is 0.260. The van der Waals surface area contributed by atoms with E-state index < -0.39 is 6.04 Å². The number of amides is 5. The Labute approximate surface area is 280 Å². The third-order valence-corrected chi connectivity index (χ3v) is 9.75. The molecule has 7 rings (SSSR count). The topological polar surface area (TPSA) is 117 Å². The summed E-state index contributed by atoms with van der Waals surface area (Å²) in [6, 6.07) is 23.1. The zero-order valence-corrected chi connectivity index (χ0v) is 27.1. The molecule has 248 valence electrons. The Morgan fingerprint density at radius 3 is 2.50 bits per heavy atom. The van der Waals surface area contributed by atoms with Crippen molar-refractivity contribution in [3.63, 3.8) is 0 Å². The highest BCUT2D eigenvalue weighted by molar-refractivity contribution is 5.92. The predicted molar refractivity (Wildman–Crippen MR) is 186 cm³/mol. The SMILES string of the molecule is O=C(NC(Cc1ccc2[nH]ncc2c1)C(=O)N1CCN(CC=Cc2ccccc2)CC1)N1CCC(N2Cc3ccccc3NC2=O)CC1. The molecule has 0 spiro atoms. The number of para-hydroxylation sites is 1. The number of nitrogens with one attached hydrogen (secondary N) is 3. The van der Waals surface area contributed by atoms with Crippen LogP contribution in [0.3, 0.4) is 0 Å². The number of aromatic nitrogens is 2. The van der Waals surface area contributed by atoms with Crippen molar-refractivity contribution in [3.05, 3.63) is 102 Å². The van der Waals surface area contributed by atoms with Crippen LogP contribution in [0, 0.1) is 0 Å². The summed E-state index contributed by atoms with van der Waals surface area (Å²) in [5.74, 6) is -0.0614. The molecule has 2 fully saturated rings. The second kappa shape index (κ2) is 14.3. The number of aromatic amines is 1. The molecule has 5 amide bonds. The molecule has 4 aromatic rings. The smallest absolute Gasteiger partial charge is 0.322 e. The van der Waals surface area contributed by atoms with E-state index in [0.29, 0.717) is 52.0 Å². The molecule has 1 atom stereocenters. The van der Waals surface area contributed by atoms with Crippen LogP contribution in [0.2, 0.25) is 0 Å². The molecule has 48 heavy (non-hydrogen) atoms. The number of anilines is 1. The van der Waals surface area contributed by atoms with E-state index in [2.05, 4.69) is 50.0 Å². The molecular weight excluding hydrogens is 604 g/mol. The summed E-state index contributed by atoms with van der Waals surface area (Å²) >= 11 is 0. The number of carbonyl (C=O) groups excluding carboxylic acids is 3. The summed E-state index contributed by atoms with van der Waals surface area (Å²) in [6.45, 7) is 5.17.